The molecule has 0 aromatic rings. The smallest absolute Gasteiger partial charge is 0.328 e. The lowest BCUT2D eigenvalue weighted by Crippen LogP contribution is -2.29. The van der Waals surface area contributed by atoms with E-state index in [9.17, 15) is 4.79 Å². The molecule has 0 spiro atoms. The van der Waals surface area contributed by atoms with Crippen LogP contribution in [0.1, 0.15) is 13.8 Å². The molecule has 0 heterocycles. The SMILES string of the molecule is CC(C)(O)COC(=O)C(S)S. The summed E-state index contributed by atoms with van der Waals surface area (Å²) in [6.07, 6.45) is 0. The van der Waals surface area contributed by atoms with Crippen molar-refractivity contribution in [2.45, 2.75) is 24.0 Å². The molecule has 1 N–H and O–H groups in total. The highest BCUT2D eigenvalue weighted by Gasteiger charge is 2.17. The highest BCUT2D eigenvalue weighted by Crippen LogP contribution is 2.06. The zero-order valence-electron chi connectivity index (χ0n) is 6.44. The van der Waals surface area contributed by atoms with Crippen LogP contribution < -0.4 is 0 Å². The standard InChI is InChI=1S/C6H12O3S2/c1-6(2,8)3-9-4(7)5(10)11/h5,8,10-11H,3H2,1-2H3. The van der Waals surface area contributed by atoms with Crippen molar-refractivity contribution < 1.29 is 14.6 Å². The Hall–Kier alpha value is 0.130. The number of aliphatic hydroxyl groups is 1. The molecule has 3 nitrogen and oxygen atoms in total. The molecule has 0 amide bonds. The summed E-state index contributed by atoms with van der Waals surface area (Å²) in [5.41, 5.74) is -0.994. The molecule has 66 valence electrons. The van der Waals surface area contributed by atoms with Crippen LogP contribution in [-0.2, 0) is 9.53 Å². The first-order chi connectivity index (χ1) is 4.83. The van der Waals surface area contributed by atoms with Gasteiger partial charge in [-0.15, -0.1) is 0 Å². The fraction of sp³-hybridized carbons (Fsp3) is 0.833. The summed E-state index contributed by atoms with van der Waals surface area (Å²) in [6.45, 7) is 3.06. The Balaban J connectivity index is 3.64. The lowest BCUT2D eigenvalue weighted by Gasteiger charge is -2.17. The average Bonchev–Trinajstić information content (AvgIpc) is 1.80. The van der Waals surface area contributed by atoms with Crippen LogP contribution in [0.25, 0.3) is 0 Å². The molecule has 0 atom stereocenters. The molecule has 11 heavy (non-hydrogen) atoms. The van der Waals surface area contributed by atoms with E-state index in [1.807, 2.05) is 0 Å². The van der Waals surface area contributed by atoms with E-state index < -0.39 is 16.2 Å². The number of thiol groups is 2. The largest absolute Gasteiger partial charge is 0.461 e. The number of hydrogen-bond acceptors (Lipinski definition) is 5. The van der Waals surface area contributed by atoms with Gasteiger partial charge in [0.15, 0.2) is 0 Å². The minimum absolute atomic E-state index is 0.0382. The van der Waals surface area contributed by atoms with Crippen LogP contribution in [0, 0.1) is 0 Å². The van der Waals surface area contributed by atoms with Gasteiger partial charge in [0.25, 0.3) is 0 Å². The van der Waals surface area contributed by atoms with Gasteiger partial charge in [0.1, 0.15) is 11.2 Å². The number of hydrogen-bond donors (Lipinski definition) is 3. The van der Waals surface area contributed by atoms with E-state index in [0.717, 1.165) is 0 Å². The van der Waals surface area contributed by atoms with Crippen molar-refractivity contribution in [2.75, 3.05) is 6.61 Å². The van der Waals surface area contributed by atoms with Crippen molar-refractivity contribution in [3.8, 4) is 0 Å². The van der Waals surface area contributed by atoms with E-state index in [1.54, 1.807) is 13.8 Å². The second-order valence-corrected chi connectivity index (χ2v) is 4.23. The molecule has 0 aliphatic carbocycles. The lowest BCUT2D eigenvalue weighted by atomic mass is 10.2. The summed E-state index contributed by atoms with van der Waals surface area (Å²) in [6, 6.07) is 0. The molecule has 0 saturated carbocycles. The Labute approximate surface area is 76.9 Å². The Morgan fingerprint density at radius 3 is 2.36 bits per heavy atom. The molecule has 5 heteroatoms. The molecule has 0 unspecified atom stereocenters. The third-order valence-corrected chi connectivity index (χ3v) is 1.20. The maximum absolute atomic E-state index is 10.7. The lowest BCUT2D eigenvalue weighted by molar-refractivity contribution is -0.147. The zero-order valence-corrected chi connectivity index (χ0v) is 8.23. The molecular formula is C6H12O3S2. The van der Waals surface area contributed by atoms with Gasteiger partial charge >= 0.3 is 5.97 Å². The van der Waals surface area contributed by atoms with Crippen LogP contribution in [0.15, 0.2) is 0 Å². The van der Waals surface area contributed by atoms with Crippen LogP contribution >= 0.6 is 25.3 Å². The zero-order chi connectivity index (χ0) is 9.07. The van der Waals surface area contributed by atoms with Gasteiger partial charge in [0.05, 0.1) is 5.60 Å². The molecule has 0 aromatic heterocycles. The van der Waals surface area contributed by atoms with E-state index in [1.165, 1.54) is 0 Å². The normalized spacial score (nSPS) is 11.8. The highest BCUT2D eigenvalue weighted by atomic mass is 32.2. The Bertz CT molecular complexity index is 139. The van der Waals surface area contributed by atoms with Crippen molar-refractivity contribution >= 4 is 31.2 Å². The van der Waals surface area contributed by atoms with Gasteiger partial charge in [-0.05, 0) is 13.8 Å². The predicted molar refractivity (Wildman–Crippen MR) is 49.0 cm³/mol. The van der Waals surface area contributed by atoms with Gasteiger partial charge < -0.3 is 9.84 Å². The highest BCUT2D eigenvalue weighted by molar-refractivity contribution is 8.00. The molecule has 0 rings (SSSR count). The maximum atomic E-state index is 10.7. The number of esters is 1. The molecule has 0 aliphatic heterocycles. The first kappa shape index (κ1) is 11.1. The summed E-state index contributed by atoms with van der Waals surface area (Å²) in [4.78, 5) is 10.7. The van der Waals surface area contributed by atoms with Crippen molar-refractivity contribution in [1.82, 2.24) is 0 Å². The number of ether oxygens (including phenoxy) is 1. The average molecular weight is 196 g/mol. The third-order valence-electron chi connectivity index (χ3n) is 0.778. The summed E-state index contributed by atoms with van der Waals surface area (Å²) >= 11 is 7.46. The Morgan fingerprint density at radius 1 is 1.64 bits per heavy atom. The summed E-state index contributed by atoms with van der Waals surface area (Å²) in [5.74, 6) is -0.543. The fourth-order valence-corrected chi connectivity index (χ4v) is 0.471. The van der Waals surface area contributed by atoms with Crippen LogP contribution in [0.3, 0.4) is 0 Å². The van der Waals surface area contributed by atoms with Crippen LogP contribution in [0.4, 0.5) is 0 Å². The van der Waals surface area contributed by atoms with Crippen molar-refractivity contribution in [1.29, 1.82) is 0 Å². The molecule has 0 radical (unpaired) electrons. The quantitative estimate of drug-likeness (QED) is 0.350. The van der Waals surface area contributed by atoms with Gasteiger partial charge in [-0.1, -0.05) is 0 Å². The van der Waals surface area contributed by atoms with Crippen molar-refractivity contribution in [3.63, 3.8) is 0 Å². The van der Waals surface area contributed by atoms with Gasteiger partial charge in [-0.2, -0.15) is 25.3 Å². The van der Waals surface area contributed by atoms with Gasteiger partial charge in [-0.3, -0.25) is 0 Å². The Kier molecular flexibility index (Phi) is 4.28. The second-order valence-electron chi connectivity index (χ2n) is 2.79. The van der Waals surface area contributed by atoms with E-state index in [2.05, 4.69) is 30.0 Å². The molecule has 0 saturated heterocycles. The van der Waals surface area contributed by atoms with Crippen molar-refractivity contribution in [3.05, 3.63) is 0 Å². The van der Waals surface area contributed by atoms with E-state index in [4.69, 9.17) is 5.11 Å². The maximum Gasteiger partial charge on any atom is 0.328 e. The van der Waals surface area contributed by atoms with E-state index in [-0.39, 0.29) is 6.61 Å². The molecule has 0 fully saturated rings. The van der Waals surface area contributed by atoms with Gasteiger partial charge in [0.2, 0.25) is 0 Å². The van der Waals surface area contributed by atoms with Crippen LogP contribution in [0.2, 0.25) is 0 Å². The minimum atomic E-state index is -0.994. The monoisotopic (exact) mass is 196 g/mol. The van der Waals surface area contributed by atoms with Crippen LogP contribution in [-0.4, -0.2) is 27.9 Å². The summed E-state index contributed by atoms with van der Waals surface area (Å²) in [7, 11) is 0. The molecule has 0 bridgehead atoms. The summed E-state index contributed by atoms with van der Waals surface area (Å²) in [5, 5.41) is 9.12. The number of carbonyl (C=O) groups excluding carboxylic acids is 1. The topological polar surface area (TPSA) is 46.5 Å². The molecular weight excluding hydrogens is 184 g/mol. The first-order valence-corrected chi connectivity index (χ1v) is 4.11. The third kappa shape index (κ3) is 6.52. The summed E-state index contributed by atoms with van der Waals surface area (Å²) < 4.78 is 3.89. The Morgan fingerprint density at radius 2 is 2.09 bits per heavy atom. The fourth-order valence-electron chi connectivity index (χ4n) is 0.322. The van der Waals surface area contributed by atoms with Gasteiger partial charge in [0, 0.05) is 0 Å². The molecule has 0 aromatic carbocycles. The molecule has 0 aliphatic rings. The predicted octanol–water partition coefficient (Wildman–Crippen LogP) is 0.486. The van der Waals surface area contributed by atoms with Gasteiger partial charge in [-0.25, -0.2) is 4.79 Å². The van der Waals surface area contributed by atoms with E-state index in [0.29, 0.717) is 0 Å². The van der Waals surface area contributed by atoms with Crippen LogP contribution in [0.5, 0.6) is 0 Å². The van der Waals surface area contributed by atoms with E-state index >= 15 is 0 Å². The first-order valence-electron chi connectivity index (χ1n) is 3.08. The number of rotatable bonds is 3. The number of carbonyl (C=O) groups is 1. The second kappa shape index (κ2) is 4.23. The minimum Gasteiger partial charge on any atom is -0.461 e. The van der Waals surface area contributed by atoms with Crippen molar-refractivity contribution in [2.24, 2.45) is 0 Å².